The zero-order valence-corrected chi connectivity index (χ0v) is 13.7. The molecule has 1 atom stereocenters. The summed E-state index contributed by atoms with van der Waals surface area (Å²) < 4.78 is 10.7. The molecule has 126 valence electrons. The summed E-state index contributed by atoms with van der Waals surface area (Å²) >= 11 is 0. The van der Waals surface area contributed by atoms with Gasteiger partial charge in [0.15, 0.2) is 0 Å². The van der Waals surface area contributed by atoms with Gasteiger partial charge in [-0.3, -0.25) is 9.59 Å². The number of carbonyl (C=O) groups is 1. The lowest BCUT2D eigenvalue weighted by atomic mass is 10.0. The van der Waals surface area contributed by atoms with Crippen molar-refractivity contribution < 1.29 is 14.3 Å². The van der Waals surface area contributed by atoms with Crippen LogP contribution in [0.1, 0.15) is 34.8 Å². The Labute approximate surface area is 140 Å². The number of H-pyrrole nitrogens is 1. The van der Waals surface area contributed by atoms with Crippen LogP contribution in [-0.4, -0.2) is 36.6 Å². The third-order valence-electron chi connectivity index (χ3n) is 4.36. The van der Waals surface area contributed by atoms with E-state index in [0.717, 1.165) is 18.4 Å². The van der Waals surface area contributed by atoms with Gasteiger partial charge in [0.25, 0.3) is 11.5 Å². The maximum Gasteiger partial charge on any atom is 0.260 e. The fraction of sp³-hybridized carbons (Fsp3) is 0.333. The van der Waals surface area contributed by atoms with Crippen molar-refractivity contribution in [3.05, 3.63) is 58.0 Å². The van der Waals surface area contributed by atoms with E-state index < -0.39 is 0 Å². The van der Waals surface area contributed by atoms with Gasteiger partial charge in [0.1, 0.15) is 17.1 Å². The van der Waals surface area contributed by atoms with Crippen molar-refractivity contribution in [1.82, 2.24) is 9.88 Å². The smallest absolute Gasteiger partial charge is 0.260 e. The van der Waals surface area contributed by atoms with Crippen LogP contribution in [0.5, 0.6) is 11.5 Å². The average Bonchev–Trinajstić information content (AvgIpc) is 3.10. The number of likely N-dealkylation sites (tertiary alicyclic amines) is 1. The van der Waals surface area contributed by atoms with Crippen molar-refractivity contribution in [2.75, 3.05) is 20.8 Å². The Morgan fingerprint density at radius 1 is 1.25 bits per heavy atom. The molecule has 2 aromatic rings. The number of ether oxygens (including phenoxy) is 2. The highest BCUT2D eigenvalue weighted by Gasteiger charge is 2.33. The Bertz CT molecular complexity index is 800. The van der Waals surface area contributed by atoms with Crippen molar-refractivity contribution in [3.8, 4) is 11.5 Å². The standard InChI is InChI=1S/C18H20N2O4/c1-23-12-7-8-13(16(11-12)24-2)15-6-4-10-20(15)18(22)14-5-3-9-19-17(14)21/h3,5,7-9,11,15H,4,6,10H2,1-2H3,(H,19,21). The predicted octanol–water partition coefficient (Wildman–Crippen LogP) is 2.37. The lowest BCUT2D eigenvalue weighted by Gasteiger charge is -2.26. The molecule has 2 heterocycles. The van der Waals surface area contributed by atoms with E-state index in [-0.39, 0.29) is 23.1 Å². The Morgan fingerprint density at radius 2 is 2.08 bits per heavy atom. The second-order valence-electron chi connectivity index (χ2n) is 5.68. The monoisotopic (exact) mass is 328 g/mol. The molecule has 0 bridgehead atoms. The molecular formula is C18H20N2O4. The normalized spacial score (nSPS) is 16.9. The van der Waals surface area contributed by atoms with Gasteiger partial charge in [0.05, 0.1) is 20.3 Å². The van der Waals surface area contributed by atoms with Gasteiger partial charge in [0.2, 0.25) is 0 Å². The van der Waals surface area contributed by atoms with E-state index in [1.54, 1.807) is 31.3 Å². The van der Waals surface area contributed by atoms with Crippen molar-refractivity contribution in [1.29, 1.82) is 0 Å². The summed E-state index contributed by atoms with van der Waals surface area (Å²) in [6.07, 6.45) is 3.24. The molecule has 1 aliphatic heterocycles. The van der Waals surface area contributed by atoms with Gasteiger partial charge < -0.3 is 19.4 Å². The van der Waals surface area contributed by atoms with E-state index in [1.807, 2.05) is 18.2 Å². The van der Waals surface area contributed by atoms with E-state index in [4.69, 9.17) is 9.47 Å². The van der Waals surface area contributed by atoms with Crippen LogP contribution in [0.4, 0.5) is 0 Å². The number of nitrogens with zero attached hydrogens (tertiary/aromatic N) is 1. The van der Waals surface area contributed by atoms with E-state index in [1.165, 1.54) is 6.20 Å². The highest BCUT2D eigenvalue weighted by Crippen LogP contribution is 2.39. The average molecular weight is 328 g/mol. The van der Waals surface area contributed by atoms with Crippen LogP contribution < -0.4 is 15.0 Å². The Morgan fingerprint density at radius 3 is 2.79 bits per heavy atom. The molecule has 0 aliphatic carbocycles. The first kappa shape index (κ1) is 16.1. The molecule has 0 radical (unpaired) electrons. The molecule has 0 saturated carbocycles. The van der Waals surface area contributed by atoms with E-state index >= 15 is 0 Å². The number of hydrogen-bond donors (Lipinski definition) is 1. The molecule has 1 aromatic heterocycles. The van der Waals surface area contributed by atoms with Gasteiger partial charge >= 0.3 is 0 Å². The number of carbonyl (C=O) groups excluding carboxylic acids is 1. The third-order valence-corrected chi connectivity index (χ3v) is 4.36. The van der Waals surface area contributed by atoms with Crippen LogP contribution in [-0.2, 0) is 0 Å². The topological polar surface area (TPSA) is 71.6 Å². The summed E-state index contributed by atoms with van der Waals surface area (Å²) in [5.74, 6) is 1.13. The lowest BCUT2D eigenvalue weighted by Crippen LogP contribution is -2.34. The number of nitrogens with one attached hydrogen (secondary N) is 1. The molecule has 1 amide bonds. The van der Waals surface area contributed by atoms with E-state index in [9.17, 15) is 9.59 Å². The highest BCUT2D eigenvalue weighted by molar-refractivity contribution is 5.94. The molecule has 1 aliphatic rings. The molecule has 3 rings (SSSR count). The highest BCUT2D eigenvalue weighted by atomic mass is 16.5. The fourth-order valence-corrected chi connectivity index (χ4v) is 3.17. The number of aromatic amines is 1. The summed E-state index contributed by atoms with van der Waals surface area (Å²) in [4.78, 5) is 29.0. The van der Waals surface area contributed by atoms with Crippen molar-refractivity contribution in [2.24, 2.45) is 0 Å². The molecule has 1 saturated heterocycles. The third kappa shape index (κ3) is 2.87. The number of benzene rings is 1. The molecule has 24 heavy (non-hydrogen) atoms. The van der Waals surface area contributed by atoms with Gasteiger partial charge in [-0.05, 0) is 37.1 Å². The second-order valence-corrected chi connectivity index (χ2v) is 5.68. The van der Waals surface area contributed by atoms with Crippen LogP contribution in [0, 0.1) is 0 Å². The summed E-state index contributed by atoms with van der Waals surface area (Å²) in [6, 6.07) is 8.69. The largest absolute Gasteiger partial charge is 0.497 e. The van der Waals surface area contributed by atoms with Crippen LogP contribution in [0.25, 0.3) is 0 Å². The number of aromatic nitrogens is 1. The summed E-state index contributed by atoms with van der Waals surface area (Å²) in [6.45, 7) is 0.618. The number of rotatable bonds is 4. The van der Waals surface area contributed by atoms with Crippen LogP contribution in [0.15, 0.2) is 41.3 Å². The second kappa shape index (κ2) is 6.78. The zero-order chi connectivity index (χ0) is 17.1. The minimum absolute atomic E-state index is 0.113. The first-order valence-corrected chi connectivity index (χ1v) is 7.86. The van der Waals surface area contributed by atoms with E-state index in [2.05, 4.69) is 4.98 Å². The molecule has 6 heteroatoms. The van der Waals surface area contributed by atoms with Gasteiger partial charge in [0, 0.05) is 24.4 Å². The SMILES string of the molecule is COc1ccc(C2CCCN2C(=O)c2ccc[nH]c2=O)c(OC)c1. The molecule has 1 N–H and O–H groups in total. The number of methoxy groups -OCH3 is 2. The molecule has 1 aromatic carbocycles. The maximum absolute atomic E-state index is 12.8. The number of hydrogen-bond acceptors (Lipinski definition) is 4. The Hall–Kier alpha value is -2.76. The number of pyridine rings is 1. The minimum atomic E-state index is -0.366. The lowest BCUT2D eigenvalue weighted by molar-refractivity contribution is 0.0732. The van der Waals surface area contributed by atoms with Crippen molar-refractivity contribution >= 4 is 5.91 Å². The Balaban J connectivity index is 1.95. The number of amides is 1. The first-order valence-electron chi connectivity index (χ1n) is 7.86. The van der Waals surface area contributed by atoms with Crippen LogP contribution in [0.2, 0.25) is 0 Å². The van der Waals surface area contributed by atoms with Gasteiger partial charge in [-0.1, -0.05) is 0 Å². The van der Waals surface area contributed by atoms with Gasteiger partial charge in [-0.25, -0.2) is 0 Å². The molecule has 1 fully saturated rings. The first-order chi connectivity index (χ1) is 11.7. The van der Waals surface area contributed by atoms with Crippen molar-refractivity contribution in [3.63, 3.8) is 0 Å². The molecule has 0 spiro atoms. The van der Waals surface area contributed by atoms with Gasteiger partial charge in [-0.2, -0.15) is 0 Å². The van der Waals surface area contributed by atoms with Crippen molar-refractivity contribution in [2.45, 2.75) is 18.9 Å². The quantitative estimate of drug-likeness (QED) is 0.935. The van der Waals surface area contributed by atoms with Crippen LogP contribution in [0.3, 0.4) is 0 Å². The van der Waals surface area contributed by atoms with Gasteiger partial charge in [-0.15, -0.1) is 0 Å². The van der Waals surface area contributed by atoms with Crippen LogP contribution >= 0.6 is 0 Å². The molecule has 6 nitrogen and oxygen atoms in total. The summed E-state index contributed by atoms with van der Waals surface area (Å²) in [5.41, 5.74) is 0.725. The summed E-state index contributed by atoms with van der Waals surface area (Å²) in [7, 11) is 3.20. The molecular weight excluding hydrogens is 308 g/mol. The fourth-order valence-electron chi connectivity index (χ4n) is 3.17. The van der Waals surface area contributed by atoms with E-state index in [0.29, 0.717) is 18.0 Å². The molecule has 1 unspecified atom stereocenters. The predicted molar refractivity (Wildman–Crippen MR) is 89.6 cm³/mol. The maximum atomic E-state index is 12.8. The minimum Gasteiger partial charge on any atom is -0.497 e. The zero-order valence-electron chi connectivity index (χ0n) is 13.7. The Kier molecular flexibility index (Phi) is 4.55. The summed E-state index contributed by atoms with van der Waals surface area (Å²) in [5, 5.41) is 0.